The fourth-order valence-electron chi connectivity index (χ4n) is 2.99. The molecule has 120 valence electrons. The van der Waals surface area contributed by atoms with E-state index in [0.717, 1.165) is 39.0 Å². The van der Waals surface area contributed by atoms with Gasteiger partial charge in [0.05, 0.1) is 0 Å². The minimum atomic E-state index is -1.10. The van der Waals surface area contributed by atoms with Gasteiger partial charge in [-0.15, -0.1) is 0 Å². The highest BCUT2D eigenvalue weighted by molar-refractivity contribution is 4.85. The van der Waals surface area contributed by atoms with Gasteiger partial charge in [0, 0.05) is 12.5 Å². The number of nitrogens with zero attached hydrogens (tertiary/aromatic N) is 2. The Morgan fingerprint density at radius 1 is 1.20 bits per heavy atom. The molecule has 4 N–H and O–H groups in total. The van der Waals surface area contributed by atoms with Gasteiger partial charge in [0.15, 0.2) is 0 Å². The molecule has 1 heterocycles. The number of unbranched alkanes of at least 4 members (excludes halogenated alkanes) is 1. The topological polar surface area (TPSA) is 73.0 Å². The number of hydrogen-bond donors (Lipinski definition) is 3. The molecule has 1 aliphatic heterocycles. The van der Waals surface area contributed by atoms with E-state index in [0.29, 0.717) is 12.8 Å². The Kier molecular flexibility index (Phi) is 7.99. The SMILES string of the molecule is CN(C)CCCCN1CCC(C(N)(O)CCCO)CC1. The molecule has 0 saturated carbocycles. The maximum absolute atomic E-state index is 10.3. The van der Waals surface area contributed by atoms with Crippen LogP contribution < -0.4 is 5.73 Å². The summed E-state index contributed by atoms with van der Waals surface area (Å²) < 4.78 is 0. The van der Waals surface area contributed by atoms with Gasteiger partial charge in [-0.1, -0.05) is 0 Å². The number of aliphatic hydroxyl groups excluding tert-OH is 1. The average Bonchev–Trinajstić information content (AvgIpc) is 2.42. The van der Waals surface area contributed by atoms with Crippen LogP contribution in [0.4, 0.5) is 0 Å². The van der Waals surface area contributed by atoms with Crippen molar-refractivity contribution >= 4 is 0 Å². The quantitative estimate of drug-likeness (QED) is 0.424. The third kappa shape index (κ3) is 6.50. The molecule has 20 heavy (non-hydrogen) atoms. The van der Waals surface area contributed by atoms with Crippen LogP contribution in [0, 0.1) is 5.92 Å². The Labute approximate surface area is 123 Å². The fraction of sp³-hybridized carbons (Fsp3) is 1.00. The largest absolute Gasteiger partial charge is 0.396 e. The van der Waals surface area contributed by atoms with E-state index in [1.54, 1.807) is 0 Å². The molecule has 0 spiro atoms. The second-order valence-electron chi connectivity index (χ2n) is 6.44. The first-order valence-electron chi connectivity index (χ1n) is 7.95. The van der Waals surface area contributed by atoms with E-state index in [-0.39, 0.29) is 12.5 Å². The van der Waals surface area contributed by atoms with Gasteiger partial charge in [-0.3, -0.25) is 0 Å². The lowest BCUT2D eigenvalue weighted by Crippen LogP contribution is -2.51. The summed E-state index contributed by atoms with van der Waals surface area (Å²) in [4.78, 5) is 4.70. The molecule has 5 heteroatoms. The van der Waals surface area contributed by atoms with E-state index in [1.807, 2.05) is 0 Å². The summed E-state index contributed by atoms with van der Waals surface area (Å²) in [5, 5.41) is 19.1. The van der Waals surface area contributed by atoms with E-state index in [9.17, 15) is 5.11 Å². The van der Waals surface area contributed by atoms with E-state index < -0.39 is 5.72 Å². The number of rotatable bonds is 9. The molecule has 1 unspecified atom stereocenters. The maximum atomic E-state index is 10.3. The van der Waals surface area contributed by atoms with Crippen molar-refractivity contribution in [3.05, 3.63) is 0 Å². The van der Waals surface area contributed by atoms with Crippen molar-refractivity contribution in [1.29, 1.82) is 0 Å². The lowest BCUT2D eigenvalue weighted by Gasteiger charge is -2.39. The normalized spacial score (nSPS) is 21.3. The molecular weight excluding hydrogens is 254 g/mol. The molecule has 0 amide bonds. The van der Waals surface area contributed by atoms with Crippen molar-refractivity contribution in [1.82, 2.24) is 9.80 Å². The molecule has 0 aromatic carbocycles. The molecule has 0 radical (unpaired) electrons. The molecule has 0 aliphatic carbocycles. The third-order valence-corrected chi connectivity index (χ3v) is 4.36. The van der Waals surface area contributed by atoms with Crippen LogP contribution in [0.2, 0.25) is 0 Å². The summed E-state index contributed by atoms with van der Waals surface area (Å²) in [6, 6.07) is 0. The van der Waals surface area contributed by atoms with Crippen LogP contribution in [0.3, 0.4) is 0 Å². The summed E-state index contributed by atoms with van der Waals surface area (Å²) in [5.41, 5.74) is 4.90. The first-order chi connectivity index (χ1) is 9.45. The molecule has 0 bridgehead atoms. The minimum absolute atomic E-state index is 0.101. The Bertz CT molecular complexity index is 252. The van der Waals surface area contributed by atoms with Gasteiger partial charge in [-0.05, 0) is 78.8 Å². The van der Waals surface area contributed by atoms with Crippen molar-refractivity contribution in [3.8, 4) is 0 Å². The second kappa shape index (κ2) is 8.95. The number of piperidine rings is 1. The molecule has 5 nitrogen and oxygen atoms in total. The van der Waals surface area contributed by atoms with Crippen molar-refractivity contribution in [2.24, 2.45) is 11.7 Å². The Hall–Kier alpha value is -0.200. The van der Waals surface area contributed by atoms with Gasteiger partial charge in [-0.2, -0.15) is 0 Å². The fourth-order valence-corrected chi connectivity index (χ4v) is 2.99. The van der Waals surface area contributed by atoms with Crippen LogP contribution >= 0.6 is 0 Å². The molecule has 1 atom stereocenters. The summed E-state index contributed by atoms with van der Waals surface area (Å²) >= 11 is 0. The van der Waals surface area contributed by atoms with Crippen molar-refractivity contribution < 1.29 is 10.2 Å². The number of hydrogen-bond acceptors (Lipinski definition) is 5. The van der Waals surface area contributed by atoms with Gasteiger partial charge in [0.25, 0.3) is 0 Å². The predicted octanol–water partition coefficient (Wildman–Crippen LogP) is 0.460. The third-order valence-electron chi connectivity index (χ3n) is 4.36. The first-order valence-corrected chi connectivity index (χ1v) is 7.95. The van der Waals surface area contributed by atoms with E-state index in [2.05, 4.69) is 23.9 Å². The summed E-state index contributed by atoms with van der Waals surface area (Å²) in [6.07, 6.45) is 5.48. The lowest BCUT2D eigenvalue weighted by atomic mass is 9.84. The van der Waals surface area contributed by atoms with Crippen molar-refractivity contribution in [2.75, 3.05) is 46.9 Å². The van der Waals surface area contributed by atoms with Gasteiger partial charge in [0.1, 0.15) is 5.72 Å². The van der Waals surface area contributed by atoms with Crippen LogP contribution in [-0.2, 0) is 0 Å². The van der Waals surface area contributed by atoms with Gasteiger partial charge in [-0.25, -0.2) is 0 Å². The Morgan fingerprint density at radius 2 is 1.85 bits per heavy atom. The van der Waals surface area contributed by atoms with Crippen molar-refractivity contribution in [2.45, 2.75) is 44.2 Å². The summed E-state index contributed by atoms with van der Waals surface area (Å²) in [6.45, 7) is 4.47. The Morgan fingerprint density at radius 3 is 2.40 bits per heavy atom. The van der Waals surface area contributed by atoms with Crippen molar-refractivity contribution in [3.63, 3.8) is 0 Å². The van der Waals surface area contributed by atoms with Gasteiger partial charge in [0.2, 0.25) is 0 Å². The average molecular weight is 287 g/mol. The predicted molar refractivity (Wildman–Crippen MR) is 82.4 cm³/mol. The smallest absolute Gasteiger partial charge is 0.116 e. The van der Waals surface area contributed by atoms with E-state index >= 15 is 0 Å². The number of aliphatic hydroxyl groups is 2. The van der Waals surface area contributed by atoms with Crippen LogP contribution in [0.5, 0.6) is 0 Å². The van der Waals surface area contributed by atoms with Gasteiger partial charge < -0.3 is 25.7 Å². The minimum Gasteiger partial charge on any atom is -0.396 e. The zero-order chi connectivity index (χ0) is 15.0. The molecule has 0 aromatic heterocycles. The Balaban J connectivity index is 2.19. The molecule has 1 aliphatic rings. The highest BCUT2D eigenvalue weighted by Gasteiger charge is 2.34. The lowest BCUT2D eigenvalue weighted by molar-refractivity contribution is -0.0483. The van der Waals surface area contributed by atoms with Crippen LogP contribution in [0.15, 0.2) is 0 Å². The van der Waals surface area contributed by atoms with Crippen LogP contribution in [0.1, 0.15) is 38.5 Å². The van der Waals surface area contributed by atoms with E-state index in [1.165, 1.54) is 12.8 Å². The number of nitrogens with two attached hydrogens (primary N) is 1. The highest BCUT2D eigenvalue weighted by Crippen LogP contribution is 2.28. The molecule has 1 rings (SSSR count). The molecule has 1 saturated heterocycles. The monoisotopic (exact) mass is 287 g/mol. The molecular formula is C15H33N3O2. The molecule has 1 fully saturated rings. The zero-order valence-electron chi connectivity index (χ0n) is 13.2. The highest BCUT2D eigenvalue weighted by atomic mass is 16.3. The molecule has 0 aromatic rings. The summed E-state index contributed by atoms with van der Waals surface area (Å²) in [7, 11) is 4.22. The van der Waals surface area contributed by atoms with E-state index in [4.69, 9.17) is 10.8 Å². The van der Waals surface area contributed by atoms with Crippen LogP contribution in [0.25, 0.3) is 0 Å². The van der Waals surface area contributed by atoms with Crippen LogP contribution in [-0.4, -0.2) is 72.6 Å². The first kappa shape index (κ1) is 17.9. The number of likely N-dealkylation sites (tertiary alicyclic amines) is 1. The zero-order valence-corrected chi connectivity index (χ0v) is 13.2. The second-order valence-corrected chi connectivity index (χ2v) is 6.44. The van der Waals surface area contributed by atoms with Gasteiger partial charge >= 0.3 is 0 Å². The summed E-state index contributed by atoms with van der Waals surface area (Å²) in [5.74, 6) is 0.173. The standard InChI is InChI=1S/C15H33N3O2/c1-17(2)9-3-4-10-18-11-6-14(7-12-18)15(16,20)8-5-13-19/h14,19-20H,3-13,16H2,1-2H3. The maximum Gasteiger partial charge on any atom is 0.116 e.